The Hall–Kier alpha value is -3.06. The molecule has 0 aliphatic heterocycles. The minimum Gasteiger partial charge on any atom is -0.495 e. The largest absolute Gasteiger partial charge is 0.495 e. The first-order valence-corrected chi connectivity index (χ1v) is 12.2. The number of nitrogens with zero attached hydrogens (tertiary/aromatic N) is 2. The van der Waals surface area contributed by atoms with Crippen molar-refractivity contribution in [2.24, 2.45) is 0 Å². The Balaban J connectivity index is 1.60. The minimum absolute atomic E-state index is 0.0645. The Morgan fingerprint density at radius 1 is 1.18 bits per heavy atom. The highest BCUT2D eigenvalue weighted by Crippen LogP contribution is 2.29. The van der Waals surface area contributed by atoms with Crippen LogP contribution in [0.15, 0.2) is 70.1 Å². The van der Waals surface area contributed by atoms with Gasteiger partial charge in [-0.25, -0.2) is 4.98 Å². The lowest BCUT2D eigenvalue weighted by atomic mass is 9.97. The summed E-state index contributed by atoms with van der Waals surface area (Å²) in [6, 6.07) is 14.6. The Bertz CT molecular complexity index is 1230. The fourth-order valence-corrected chi connectivity index (χ4v) is 5.00. The van der Waals surface area contributed by atoms with Gasteiger partial charge in [-0.15, -0.1) is 0 Å². The molecule has 1 aliphatic carbocycles. The highest BCUT2D eigenvalue weighted by Gasteiger charge is 2.21. The number of carbonyl (C=O) groups is 1. The second-order valence-electron chi connectivity index (χ2n) is 8.13. The molecule has 1 atom stereocenters. The molecule has 0 bridgehead atoms. The number of thioether (sulfide) groups is 1. The van der Waals surface area contributed by atoms with Gasteiger partial charge in [0.15, 0.2) is 5.16 Å². The van der Waals surface area contributed by atoms with E-state index in [9.17, 15) is 9.59 Å². The van der Waals surface area contributed by atoms with Crippen molar-refractivity contribution in [2.75, 3.05) is 13.7 Å². The summed E-state index contributed by atoms with van der Waals surface area (Å²) in [4.78, 5) is 31.0. The molecule has 2 aromatic carbocycles. The number of ether oxygens (including phenoxy) is 1. The third-order valence-electron chi connectivity index (χ3n) is 5.85. The molecule has 0 radical (unpaired) electrons. The third-order valence-corrected chi connectivity index (χ3v) is 6.91. The molecule has 7 heteroatoms. The molecule has 0 spiro atoms. The average Bonchev–Trinajstić information content (AvgIpc) is 2.85. The van der Waals surface area contributed by atoms with Gasteiger partial charge >= 0.3 is 0 Å². The lowest BCUT2D eigenvalue weighted by Crippen LogP contribution is -2.32. The average molecular weight is 464 g/mol. The number of hydrogen-bond donors (Lipinski definition) is 1. The van der Waals surface area contributed by atoms with Gasteiger partial charge in [-0.3, -0.25) is 14.2 Å². The lowest BCUT2D eigenvalue weighted by molar-refractivity contribution is -0.120. The minimum atomic E-state index is -0.417. The summed E-state index contributed by atoms with van der Waals surface area (Å²) in [6.45, 7) is 2.47. The maximum atomic E-state index is 13.5. The Labute approximate surface area is 198 Å². The highest BCUT2D eigenvalue weighted by atomic mass is 32.2. The van der Waals surface area contributed by atoms with E-state index >= 15 is 0 Å². The third kappa shape index (κ3) is 5.30. The van der Waals surface area contributed by atoms with Gasteiger partial charge in [-0.05, 0) is 63.3 Å². The van der Waals surface area contributed by atoms with Gasteiger partial charge in [0.25, 0.3) is 5.56 Å². The molecule has 1 aliphatic rings. The number of allylic oxidation sites excluding steroid dienone is 1. The van der Waals surface area contributed by atoms with Crippen LogP contribution in [-0.2, 0) is 4.79 Å². The fraction of sp³-hybridized carbons (Fsp3) is 0.346. The molecule has 1 N–H and O–H groups in total. The maximum absolute atomic E-state index is 13.5. The first kappa shape index (κ1) is 23.1. The summed E-state index contributed by atoms with van der Waals surface area (Å²) < 4.78 is 7.05. The highest BCUT2D eigenvalue weighted by molar-refractivity contribution is 8.00. The molecule has 4 rings (SSSR count). The van der Waals surface area contributed by atoms with Crippen LogP contribution in [-0.4, -0.2) is 34.4 Å². The van der Waals surface area contributed by atoms with Crippen molar-refractivity contribution in [3.05, 3.63) is 70.5 Å². The number of carbonyl (C=O) groups excluding carboxylic acids is 1. The Morgan fingerprint density at radius 3 is 2.76 bits per heavy atom. The molecule has 33 heavy (non-hydrogen) atoms. The monoisotopic (exact) mass is 463 g/mol. The van der Waals surface area contributed by atoms with Gasteiger partial charge in [-0.1, -0.05) is 47.7 Å². The molecule has 172 valence electrons. The molecule has 0 saturated heterocycles. The summed E-state index contributed by atoms with van der Waals surface area (Å²) in [6.07, 6.45) is 7.97. The van der Waals surface area contributed by atoms with Crippen molar-refractivity contribution < 1.29 is 9.53 Å². The van der Waals surface area contributed by atoms with Crippen molar-refractivity contribution in [2.45, 2.75) is 49.4 Å². The summed E-state index contributed by atoms with van der Waals surface area (Å²) in [5.74, 6) is 0.502. The number of methoxy groups -OCH3 is 1. The van der Waals surface area contributed by atoms with E-state index in [0.717, 1.165) is 19.3 Å². The van der Waals surface area contributed by atoms with E-state index in [1.165, 1.54) is 30.2 Å². The second kappa shape index (κ2) is 10.7. The van der Waals surface area contributed by atoms with Gasteiger partial charge in [0, 0.05) is 6.54 Å². The molecule has 0 fully saturated rings. The summed E-state index contributed by atoms with van der Waals surface area (Å²) in [7, 11) is 1.57. The normalized spacial score (nSPS) is 14.5. The molecule has 3 aromatic rings. The van der Waals surface area contributed by atoms with Crippen molar-refractivity contribution >= 4 is 28.6 Å². The van der Waals surface area contributed by atoms with Crippen LogP contribution in [0.5, 0.6) is 5.75 Å². The van der Waals surface area contributed by atoms with Crippen LogP contribution in [0.1, 0.15) is 39.0 Å². The van der Waals surface area contributed by atoms with Gasteiger partial charge < -0.3 is 10.1 Å². The predicted octanol–water partition coefficient (Wildman–Crippen LogP) is 4.88. The van der Waals surface area contributed by atoms with Crippen LogP contribution in [0.4, 0.5) is 0 Å². The maximum Gasteiger partial charge on any atom is 0.266 e. The zero-order chi connectivity index (χ0) is 23.2. The second-order valence-corrected chi connectivity index (χ2v) is 9.44. The van der Waals surface area contributed by atoms with E-state index < -0.39 is 5.25 Å². The molecule has 1 aromatic heterocycles. The van der Waals surface area contributed by atoms with Gasteiger partial charge in [0.05, 0.1) is 29.0 Å². The lowest BCUT2D eigenvalue weighted by Gasteiger charge is -2.18. The van der Waals surface area contributed by atoms with Crippen molar-refractivity contribution in [3.8, 4) is 11.4 Å². The number of hydrogen-bond acceptors (Lipinski definition) is 5. The number of para-hydroxylation sites is 3. The van der Waals surface area contributed by atoms with E-state index in [0.29, 0.717) is 34.0 Å². The quantitative estimate of drug-likeness (QED) is 0.293. The number of aromatic nitrogens is 2. The van der Waals surface area contributed by atoms with Crippen LogP contribution in [0, 0.1) is 0 Å². The molecule has 1 amide bonds. The fourth-order valence-electron chi connectivity index (χ4n) is 4.05. The number of nitrogens with one attached hydrogen (secondary N) is 1. The predicted molar refractivity (Wildman–Crippen MR) is 133 cm³/mol. The van der Waals surface area contributed by atoms with Crippen LogP contribution in [0.2, 0.25) is 0 Å². The zero-order valence-electron chi connectivity index (χ0n) is 19.0. The standard InChI is InChI=1S/C26H29N3O3S/c1-18(24(30)27-17-16-19-10-4-3-5-11-19)33-26-28-21-13-7-6-12-20(21)25(31)29(26)22-14-8-9-15-23(22)32-2/h6-10,12-15,18H,3-5,11,16-17H2,1-2H3,(H,27,30)/t18-/m0/s1. The van der Waals surface area contributed by atoms with Gasteiger partial charge in [-0.2, -0.15) is 0 Å². The summed E-state index contributed by atoms with van der Waals surface area (Å²) in [5.41, 5.74) is 2.45. The Kier molecular flexibility index (Phi) is 7.50. The first-order valence-electron chi connectivity index (χ1n) is 11.4. The van der Waals surface area contributed by atoms with Crippen LogP contribution >= 0.6 is 11.8 Å². The van der Waals surface area contributed by atoms with Crippen LogP contribution in [0.25, 0.3) is 16.6 Å². The van der Waals surface area contributed by atoms with Crippen molar-refractivity contribution in [3.63, 3.8) is 0 Å². The number of fused-ring (bicyclic) bond motifs is 1. The van der Waals surface area contributed by atoms with Gasteiger partial charge in [0.1, 0.15) is 5.75 Å². The summed E-state index contributed by atoms with van der Waals surface area (Å²) in [5, 5.41) is 3.60. The van der Waals surface area contributed by atoms with E-state index in [-0.39, 0.29) is 11.5 Å². The van der Waals surface area contributed by atoms with Crippen molar-refractivity contribution in [1.82, 2.24) is 14.9 Å². The van der Waals surface area contributed by atoms with Crippen LogP contribution < -0.4 is 15.6 Å². The summed E-state index contributed by atoms with van der Waals surface area (Å²) >= 11 is 1.28. The van der Waals surface area contributed by atoms with E-state index in [2.05, 4.69) is 11.4 Å². The van der Waals surface area contributed by atoms with E-state index in [1.807, 2.05) is 49.4 Å². The Morgan fingerprint density at radius 2 is 1.97 bits per heavy atom. The molecule has 1 heterocycles. The number of amides is 1. The molecular formula is C26H29N3O3S. The van der Waals surface area contributed by atoms with Gasteiger partial charge in [0.2, 0.25) is 5.91 Å². The number of benzene rings is 2. The van der Waals surface area contributed by atoms with E-state index in [1.54, 1.807) is 17.7 Å². The zero-order valence-corrected chi connectivity index (χ0v) is 19.9. The van der Waals surface area contributed by atoms with Crippen LogP contribution in [0.3, 0.4) is 0 Å². The van der Waals surface area contributed by atoms with Crippen molar-refractivity contribution in [1.29, 1.82) is 0 Å². The molecule has 0 unspecified atom stereocenters. The van der Waals surface area contributed by atoms with E-state index in [4.69, 9.17) is 9.72 Å². The molecule has 0 saturated carbocycles. The topological polar surface area (TPSA) is 73.2 Å². The molecule has 6 nitrogen and oxygen atoms in total. The SMILES string of the molecule is COc1ccccc1-n1c(S[C@@H](C)C(=O)NCCC2=CCCCC2)nc2ccccc2c1=O. The smallest absolute Gasteiger partial charge is 0.266 e. The first-order chi connectivity index (χ1) is 16.1. The molecular weight excluding hydrogens is 434 g/mol. The number of rotatable bonds is 8.